The number of nitrogens with zero attached hydrogens (tertiary/aromatic N) is 3. The van der Waals surface area contributed by atoms with Crippen LogP contribution >= 0.6 is 0 Å². The van der Waals surface area contributed by atoms with Gasteiger partial charge in [-0.05, 0) is 12.1 Å². The third-order valence-electron chi connectivity index (χ3n) is 4.42. The minimum Gasteiger partial charge on any atom is -0.333 e. The van der Waals surface area contributed by atoms with Gasteiger partial charge < -0.3 is 4.90 Å². The number of rotatable bonds is 2. The molecule has 0 radical (unpaired) electrons. The van der Waals surface area contributed by atoms with Crippen LogP contribution in [0.1, 0.15) is 23.3 Å². The molecule has 1 aromatic heterocycles. The van der Waals surface area contributed by atoms with Gasteiger partial charge in [-0.1, -0.05) is 24.3 Å². The number of benzene rings is 1. The SMILES string of the molecule is O=C(c1ccc2ccccc2n1)N1CC(N2C(=O)CCC2=O)C1. The van der Waals surface area contributed by atoms with Gasteiger partial charge in [0.2, 0.25) is 11.8 Å². The predicted octanol–water partition coefficient (Wildman–Crippen LogP) is 1.21. The highest BCUT2D eigenvalue weighted by atomic mass is 16.2. The molecule has 2 fully saturated rings. The maximum Gasteiger partial charge on any atom is 0.272 e. The lowest BCUT2D eigenvalue weighted by atomic mass is 10.1. The molecule has 0 saturated carbocycles. The zero-order valence-electron chi connectivity index (χ0n) is 12.4. The van der Waals surface area contributed by atoms with Crippen LogP contribution in [0.4, 0.5) is 0 Å². The van der Waals surface area contributed by atoms with Gasteiger partial charge in [-0.3, -0.25) is 19.3 Å². The second-order valence-corrected chi connectivity index (χ2v) is 5.91. The van der Waals surface area contributed by atoms with Crippen molar-refractivity contribution in [3.8, 4) is 0 Å². The minimum absolute atomic E-state index is 0.129. The third-order valence-corrected chi connectivity index (χ3v) is 4.42. The summed E-state index contributed by atoms with van der Waals surface area (Å²) in [7, 11) is 0. The molecule has 0 bridgehead atoms. The Kier molecular flexibility index (Phi) is 3.11. The Balaban J connectivity index is 1.48. The van der Waals surface area contributed by atoms with Gasteiger partial charge >= 0.3 is 0 Å². The van der Waals surface area contributed by atoms with Gasteiger partial charge in [0.1, 0.15) is 5.69 Å². The molecule has 116 valence electrons. The molecular formula is C17H15N3O3. The summed E-state index contributed by atoms with van der Waals surface area (Å²) in [6.07, 6.45) is 0.574. The van der Waals surface area contributed by atoms with Crippen molar-refractivity contribution in [1.29, 1.82) is 0 Å². The Morgan fingerprint density at radius 2 is 1.70 bits per heavy atom. The largest absolute Gasteiger partial charge is 0.333 e. The summed E-state index contributed by atoms with van der Waals surface area (Å²) in [6.45, 7) is 0.787. The first kappa shape index (κ1) is 13.9. The van der Waals surface area contributed by atoms with Crippen LogP contribution in [0.5, 0.6) is 0 Å². The lowest BCUT2D eigenvalue weighted by Crippen LogP contribution is -2.62. The van der Waals surface area contributed by atoms with Crippen molar-refractivity contribution in [2.75, 3.05) is 13.1 Å². The van der Waals surface area contributed by atoms with Crippen LogP contribution in [0.3, 0.4) is 0 Å². The van der Waals surface area contributed by atoms with Crippen molar-refractivity contribution in [2.45, 2.75) is 18.9 Å². The van der Waals surface area contributed by atoms with E-state index in [1.165, 1.54) is 4.90 Å². The molecule has 23 heavy (non-hydrogen) atoms. The van der Waals surface area contributed by atoms with Crippen LogP contribution in [-0.2, 0) is 9.59 Å². The summed E-state index contributed by atoms with van der Waals surface area (Å²) >= 11 is 0. The highest BCUT2D eigenvalue weighted by Crippen LogP contribution is 2.24. The van der Waals surface area contributed by atoms with Gasteiger partial charge in [-0.2, -0.15) is 0 Å². The number of amides is 3. The molecule has 3 amide bonds. The van der Waals surface area contributed by atoms with Crippen LogP contribution in [0.2, 0.25) is 0 Å². The fraction of sp³-hybridized carbons (Fsp3) is 0.294. The predicted molar refractivity (Wildman–Crippen MR) is 82.5 cm³/mol. The van der Waals surface area contributed by atoms with Crippen molar-refractivity contribution < 1.29 is 14.4 Å². The van der Waals surface area contributed by atoms with Gasteiger partial charge in [0.15, 0.2) is 0 Å². The quantitative estimate of drug-likeness (QED) is 0.782. The highest BCUT2D eigenvalue weighted by Gasteiger charge is 2.43. The smallest absolute Gasteiger partial charge is 0.272 e. The zero-order chi connectivity index (χ0) is 16.0. The standard InChI is InChI=1S/C17H15N3O3/c21-15-7-8-16(22)20(15)12-9-19(10-12)17(23)14-6-5-11-3-1-2-4-13(11)18-14/h1-6,12H,7-10H2. The molecule has 2 aliphatic rings. The maximum absolute atomic E-state index is 12.5. The molecule has 0 unspecified atom stereocenters. The number of pyridine rings is 1. The molecule has 6 nitrogen and oxygen atoms in total. The maximum atomic E-state index is 12.5. The Bertz CT molecular complexity index is 811. The third kappa shape index (κ3) is 2.27. The Morgan fingerprint density at radius 3 is 2.43 bits per heavy atom. The zero-order valence-corrected chi connectivity index (χ0v) is 12.4. The molecule has 2 saturated heterocycles. The number of hydrogen-bond acceptors (Lipinski definition) is 4. The fourth-order valence-corrected chi connectivity index (χ4v) is 3.13. The fourth-order valence-electron chi connectivity index (χ4n) is 3.13. The first-order valence-corrected chi connectivity index (χ1v) is 7.63. The summed E-state index contributed by atoms with van der Waals surface area (Å²) in [6, 6.07) is 11.0. The number of fused-ring (bicyclic) bond motifs is 1. The number of likely N-dealkylation sites (tertiary alicyclic amines) is 2. The number of hydrogen-bond donors (Lipinski definition) is 0. The van der Waals surface area contributed by atoms with E-state index in [1.54, 1.807) is 11.0 Å². The molecule has 0 N–H and O–H groups in total. The molecule has 4 rings (SSSR count). The van der Waals surface area contributed by atoms with Gasteiger partial charge in [0, 0.05) is 31.3 Å². The summed E-state index contributed by atoms with van der Waals surface area (Å²) in [5, 5.41) is 0.985. The Morgan fingerprint density at radius 1 is 1.00 bits per heavy atom. The average molecular weight is 309 g/mol. The number of carbonyl (C=O) groups is 3. The molecule has 3 heterocycles. The van der Waals surface area contributed by atoms with Gasteiger partial charge in [0.25, 0.3) is 5.91 Å². The van der Waals surface area contributed by atoms with Gasteiger partial charge in [-0.25, -0.2) is 4.98 Å². The van der Waals surface area contributed by atoms with Crippen LogP contribution in [0.25, 0.3) is 10.9 Å². The van der Waals surface area contributed by atoms with Gasteiger partial charge in [0.05, 0.1) is 11.6 Å². The van der Waals surface area contributed by atoms with Gasteiger partial charge in [-0.15, -0.1) is 0 Å². The monoisotopic (exact) mass is 309 g/mol. The van der Waals surface area contributed by atoms with E-state index in [0.29, 0.717) is 18.8 Å². The second kappa shape index (κ2) is 5.15. The summed E-state index contributed by atoms with van der Waals surface area (Å²) < 4.78 is 0. The van der Waals surface area contributed by atoms with E-state index in [1.807, 2.05) is 30.3 Å². The number of aromatic nitrogens is 1. The number of para-hydroxylation sites is 1. The molecular weight excluding hydrogens is 294 g/mol. The van der Waals surface area contributed by atoms with E-state index in [-0.39, 0.29) is 36.6 Å². The highest BCUT2D eigenvalue weighted by molar-refractivity contribution is 6.03. The lowest BCUT2D eigenvalue weighted by Gasteiger charge is -2.42. The molecule has 1 aromatic carbocycles. The summed E-state index contributed by atoms with van der Waals surface area (Å²) in [4.78, 5) is 43.2. The Labute approximate surface area is 132 Å². The van der Waals surface area contributed by atoms with Crippen molar-refractivity contribution in [2.24, 2.45) is 0 Å². The van der Waals surface area contributed by atoms with E-state index >= 15 is 0 Å². The minimum atomic E-state index is -0.179. The number of imide groups is 1. The van der Waals surface area contributed by atoms with E-state index < -0.39 is 0 Å². The van der Waals surface area contributed by atoms with E-state index in [9.17, 15) is 14.4 Å². The molecule has 2 aromatic rings. The van der Waals surface area contributed by atoms with Crippen LogP contribution in [0.15, 0.2) is 36.4 Å². The first-order valence-electron chi connectivity index (χ1n) is 7.63. The lowest BCUT2D eigenvalue weighted by molar-refractivity contribution is -0.144. The van der Waals surface area contributed by atoms with Crippen molar-refractivity contribution in [3.63, 3.8) is 0 Å². The molecule has 6 heteroatoms. The van der Waals surface area contributed by atoms with Crippen LogP contribution < -0.4 is 0 Å². The van der Waals surface area contributed by atoms with Crippen LogP contribution in [0, 0.1) is 0 Å². The van der Waals surface area contributed by atoms with E-state index in [2.05, 4.69) is 4.98 Å². The van der Waals surface area contributed by atoms with Crippen molar-refractivity contribution in [3.05, 3.63) is 42.1 Å². The van der Waals surface area contributed by atoms with Crippen molar-refractivity contribution >= 4 is 28.6 Å². The van der Waals surface area contributed by atoms with E-state index in [0.717, 1.165) is 10.9 Å². The number of carbonyl (C=O) groups excluding carboxylic acids is 3. The van der Waals surface area contributed by atoms with E-state index in [4.69, 9.17) is 0 Å². The van der Waals surface area contributed by atoms with Crippen molar-refractivity contribution in [1.82, 2.24) is 14.8 Å². The normalized spacial score (nSPS) is 18.6. The molecule has 2 aliphatic heterocycles. The summed E-state index contributed by atoms with van der Waals surface area (Å²) in [5.74, 6) is -0.419. The second-order valence-electron chi connectivity index (χ2n) is 5.91. The molecule has 0 spiro atoms. The molecule has 0 aliphatic carbocycles. The Hall–Kier alpha value is -2.76. The average Bonchev–Trinajstić information content (AvgIpc) is 2.85. The topological polar surface area (TPSA) is 70.6 Å². The first-order chi connectivity index (χ1) is 11.1. The van der Waals surface area contributed by atoms with Crippen LogP contribution in [-0.4, -0.2) is 51.6 Å². The molecule has 0 atom stereocenters. The summed E-state index contributed by atoms with van der Waals surface area (Å²) in [5.41, 5.74) is 1.17.